The minimum Gasteiger partial charge on any atom is -0.436 e. The number of aromatic nitrogens is 3. The molecule has 9 nitrogen and oxygen atoms in total. The molecule has 2 aliphatic rings. The Morgan fingerprint density at radius 2 is 1.98 bits per heavy atom. The van der Waals surface area contributed by atoms with E-state index in [1.54, 1.807) is 29.4 Å². The number of aryl methyl sites for hydroxylation is 1. The highest BCUT2D eigenvalue weighted by Gasteiger charge is 2.36. The third-order valence-corrected chi connectivity index (χ3v) is 6.51. The number of ether oxygens (including phenoxy) is 2. The van der Waals surface area contributed by atoms with Gasteiger partial charge >= 0.3 is 0 Å². The van der Waals surface area contributed by atoms with E-state index in [1.165, 1.54) is 7.11 Å². The number of H-pyrrole nitrogens is 1. The Morgan fingerprint density at radius 1 is 1.15 bits per heavy atom. The van der Waals surface area contributed by atoms with Gasteiger partial charge < -0.3 is 14.5 Å². The highest BCUT2D eigenvalue weighted by Crippen LogP contribution is 2.41. The Balaban J connectivity index is 0.00000185. The molecule has 6 rings (SSSR count). The van der Waals surface area contributed by atoms with Crippen molar-refractivity contribution >= 4 is 59.1 Å². The number of pyridine rings is 1. The second-order valence-corrected chi connectivity index (χ2v) is 8.86. The van der Waals surface area contributed by atoms with E-state index in [4.69, 9.17) is 14.5 Å². The molecule has 1 aliphatic carbocycles. The first-order chi connectivity index (χ1) is 18.6. The summed E-state index contributed by atoms with van der Waals surface area (Å²) in [5.74, 6) is 3.24. The number of rotatable bonds is 4. The molecule has 2 aromatic carbocycles. The van der Waals surface area contributed by atoms with Crippen molar-refractivity contribution in [2.45, 2.75) is 19.6 Å². The van der Waals surface area contributed by atoms with Crippen LogP contribution in [0.1, 0.15) is 11.4 Å². The van der Waals surface area contributed by atoms with E-state index in [2.05, 4.69) is 9.97 Å². The third-order valence-electron chi connectivity index (χ3n) is 6.51. The Kier molecular flexibility index (Phi) is 8.42. The number of anilines is 2. The van der Waals surface area contributed by atoms with Gasteiger partial charge in [0, 0.05) is 18.9 Å². The summed E-state index contributed by atoms with van der Waals surface area (Å²) in [5, 5.41) is 3.42. The molecule has 0 saturated carbocycles. The highest BCUT2D eigenvalue weighted by atomic mass is 35.5. The molecule has 4 aromatic rings. The summed E-state index contributed by atoms with van der Waals surface area (Å²) in [7, 11) is 1.46. The predicted molar refractivity (Wildman–Crippen MR) is 157 cm³/mol. The average molecular weight is 578 g/mol. The number of allylic oxidation sites excluding steroid dienone is 2. The molecule has 3 heterocycles. The maximum absolute atomic E-state index is 14.6. The van der Waals surface area contributed by atoms with Crippen molar-refractivity contribution in [3.8, 4) is 11.6 Å². The second-order valence-electron chi connectivity index (χ2n) is 8.86. The number of benzene rings is 2. The van der Waals surface area contributed by atoms with Crippen molar-refractivity contribution in [3.05, 3.63) is 102 Å². The zero-order valence-corrected chi connectivity index (χ0v) is 23.2. The van der Waals surface area contributed by atoms with Gasteiger partial charge in [0.1, 0.15) is 29.1 Å². The number of aromatic amines is 1. The van der Waals surface area contributed by atoms with Crippen LogP contribution in [-0.2, 0) is 20.9 Å². The number of fused-ring (bicyclic) bond motifs is 3. The minimum absolute atomic E-state index is 0. The van der Waals surface area contributed by atoms with E-state index in [0.29, 0.717) is 28.5 Å². The van der Waals surface area contributed by atoms with Crippen LogP contribution in [0.25, 0.3) is 11.0 Å². The summed E-state index contributed by atoms with van der Waals surface area (Å²) in [6.07, 6.45) is 5.70. The van der Waals surface area contributed by atoms with Gasteiger partial charge in [-0.1, -0.05) is 36.4 Å². The number of hydrogen-bond donors (Lipinski definition) is 1. The van der Waals surface area contributed by atoms with Crippen molar-refractivity contribution < 1.29 is 19.1 Å². The molecule has 11 heteroatoms. The molecule has 0 saturated heterocycles. The number of amides is 1. The van der Waals surface area contributed by atoms with Gasteiger partial charge in [-0.15, -0.1) is 24.8 Å². The molecule has 2 aromatic heterocycles. The van der Waals surface area contributed by atoms with Gasteiger partial charge in [-0.2, -0.15) is 0 Å². The van der Waals surface area contributed by atoms with E-state index >= 15 is 0 Å². The minimum atomic E-state index is -0.875. The topological polar surface area (TPSA) is 101 Å². The van der Waals surface area contributed by atoms with Gasteiger partial charge in [0.2, 0.25) is 5.88 Å². The van der Waals surface area contributed by atoms with E-state index in [9.17, 15) is 9.59 Å². The number of para-hydroxylation sites is 3. The molecular weight excluding hydrogens is 553 g/mol. The monoisotopic (exact) mass is 577 g/mol. The number of hydrazine groups is 1. The summed E-state index contributed by atoms with van der Waals surface area (Å²) >= 11 is 0. The van der Waals surface area contributed by atoms with E-state index in [1.807, 2.05) is 72.5 Å². The van der Waals surface area contributed by atoms with E-state index in [-0.39, 0.29) is 48.4 Å². The molecule has 0 fully saturated rings. The van der Waals surface area contributed by atoms with E-state index in [0.717, 1.165) is 16.9 Å². The summed E-state index contributed by atoms with van der Waals surface area (Å²) in [5.41, 5.74) is 3.94. The van der Waals surface area contributed by atoms with Crippen molar-refractivity contribution in [3.63, 3.8) is 0 Å². The van der Waals surface area contributed by atoms with Crippen LogP contribution in [0.15, 0.2) is 90.2 Å². The van der Waals surface area contributed by atoms with Crippen molar-refractivity contribution in [2.24, 2.45) is 0 Å². The van der Waals surface area contributed by atoms with Gasteiger partial charge in [0.15, 0.2) is 5.75 Å². The van der Waals surface area contributed by atoms with Crippen molar-refractivity contribution in [1.29, 1.82) is 0 Å². The smallest absolute Gasteiger partial charge is 0.276 e. The number of nitrogens with one attached hydrogen (secondary N) is 1. The Morgan fingerprint density at radius 3 is 2.77 bits per heavy atom. The van der Waals surface area contributed by atoms with Crippen LogP contribution in [0.2, 0.25) is 0 Å². The number of nitrogens with zero attached hydrogens (tertiary/aromatic N) is 4. The SMILES string of the molecule is COC1C(=C=O)C=CC=C1C(=O)N(c1cccc2[nH]c(C)nc12)N1Cc2cccnc2Oc2ccccc21.Cl.Cl. The Bertz CT molecular complexity index is 1690. The quantitative estimate of drug-likeness (QED) is 0.322. The molecule has 1 unspecified atom stereocenters. The van der Waals surface area contributed by atoms with Gasteiger partial charge in [-0.05, 0) is 43.3 Å². The predicted octanol–water partition coefficient (Wildman–Crippen LogP) is 5.44. The standard InChI is InChI=1S/C29H23N5O4.2ClH/c1-18-31-22-11-6-13-24(26(22)32-18)34(29(36)21-10-5-8-20(17-35)27(21)37-2)33-16-19-9-7-15-30-28(19)38-25-14-4-3-12-23(25)33;;/h3-15,27H,16H2,1-2H3,(H,31,32);2*1H. The lowest BCUT2D eigenvalue weighted by molar-refractivity contribution is -0.116. The van der Waals surface area contributed by atoms with Crippen LogP contribution in [-0.4, -0.2) is 40.0 Å². The highest BCUT2D eigenvalue weighted by molar-refractivity contribution is 6.12. The zero-order valence-electron chi connectivity index (χ0n) is 21.5. The Hall–Kier alpha value is -4.40. The number of imidazole rings is 1. The molecule has 1 aliphatic heterocycles. The fourth-order valence-electron chi connectivity index (χ4n) is 4.83. The average Bonchev–Trinajstić information content (AvgIpc) is 3.25. The van der Waals surface area contributed by atoms with Gasteiger partial charge in [-0.25, -0.2) is 19.8 Å². The second kappa shape index (κ2) is 11.8. The van der Waals surface area contributed by atoms with Crippen LogP contribution in [0.3, 0.4) is 0 Å². The van der Waals surface area contributed by atoms with Crippen LogP contribution in [0.5, 0.6) is 11.6 Å². The molecule has 1 amide bonds. The van der Waals surface area contributed by atoms with E-state index < -0.39 is 6.10 Å². The molecule has 0 bridgehead atoms. The fourth-order valence-corrected chi connectivity index (χ4v) is 4.83. The number of halogens is 2. The number of hydrogen-bond acceptors (Lipinski definition) is 7. The first-order valence-corrected chi connectivity index (χ1v) is 12.0. The van der Waals surface area contributed by atoms with Crippen LogP contribution in [0, 0.1) is 6.92 Å². The van der Waals surface area contributed by atoms with Crippen molar-refractivity contribution in [1.82, 2.24) is 15.0 Å². The maximum Gasteiger partial charge on any atom is 0.276 e. The summed E-state index contributed by atoms with van der Waals surface area (Å²) < 4.78 is 11.8. The van der Waals surface area contributed by atoms with Crippen molar-refractivity contribution in [2.75, 3.05) is 17.1 Å². The maximum atomic E-state index is 14.6. The molecule has 204 valence electrons. The lowest BCUT2D eigenvalue weighted by Gasteiger charge is -2.37. The Labute approximate surface area is 242 Å². The molecule has 1 N–H and O–H groups in total. The largest absolute Gasteiger partial charge is 0.436 e. The van der Waals surface area contributed by atoms with Gasteiger partial charge in [0.05, 0.1) is 28.9 Å². The first kappa shape index (κ1) is 28.6. The first-order valence-electron chi connectivity index (χ1n) is 12.0. The molecule has 1 atom stereocenters. The molecule has 0 spiro atoms. The van der Waals surface area contributed by atoms with Crippen LogP contribution >= 0.6 is 24.8 Å². The number of methoxy groups -OCH3 is 1. The summed E-state index contributed by atoms with van der Waals surface area (Å²) in [6, 6.07) is 16.8. The summed E-state index contributed by atoms with van der Waals surface area (Å²) in [4.78, 5) is 38.6. The third kappa shape index (κ3) is 4.87. The molecule has 40 heavy (non-hydrogen) atoms. The lowest BCUT2D eigenvalue weighted by atomic mass is 9.96. The fraction of sp³-hybridized carbons (Fsp3) is 0.138. The number of carbonyl (C=O) groups excluding carboxylic acids is 2. The normalized spacial score (nSPS) is 15.3. The lowest BCUT2D eigenvalue weighted by Crippen LogP contribution is -2.49. The zero-order chi connectivity index (χ0) is 26.2. The van der Waals surface area contributed by atoms with Gasteiger partial charge in [-0.3, -0.25) is 9.80 Å². The molecule has 0 radical (unpaired) electrons. The number of carbonyl (C=O) groups is 1. The molecular formula is C29H25Cl2N5O4. The summed E-state index contributed by atoms with van der Waals surface area (Å²) in [6.45, 7) is 2.15. The van der Waals surface area contributed by atoms with Crippen LogP contribution < -0.4 is 14.8 Å². The van der Waals surface area contributed by atoms with Crippen LogP contribution in [0.4, 0.5) is 11.4 Å². The van der Waals surface area contributed by atoms with Gasteiger partial charge in [0.25, 0.3) is 5.91 Å².